The van der Waals surface area contributed by atoms with E-state index in [2.05, 4.69) is 4.90 Å². The molecule has 1 saturated heterocycles. The topological polar surface area (TPSA) is 49.5 Å². The second-order valence-corrected chi connectivity index (χ2v) is 6.18. The van der Waals surface area contributed by atoms with E-state index in [0.29, 0.717) is 6.54 Å². The van der Waals surface area contributed by atoms with Crippen LogP contribution in [0.2, 0.25) is 0 Å². The number of hydrogen-bond acceptors (Lipinski definition) is 3. The number of aliphatic hydroxyl groups is 1. The Morgan fingerprint density at radius 1 is 1.26 bits per heavy atom. The average Bonchev–Trinajstić information content (AvgIpc) is 3.08. The smallest absolute Gasteiger partial charge is 0.103 e. The number of nitrogens with zero attached hydrogens (tertiary/aromatic N) is 1. The van der Waals surface area contributed by atoms with E-state index >= 15 is 0 Å². The van der Waals surface area contributed by atoms with Crippen molar-refractivity contribution in [1.82, 2.24) is 4.90 Å². The molecule has 1 saturated carbocycles. The third-order valence-electron chi connectivity index (χ3n) is 4.98. The first-order chi connectivity index (χ1) is 9.21. The fourth-order valence-electron chi connectivity index (χ4n) is 3.74. The normalized spacial score (nSPS) is 29.6. The van der Waals surface area contributed by atoms with Crippen LogP contribution in [-0.4, -0.2) is 35.7 Å². The summed E-state index contributed by atoms with van der Waals surface area (Å²) in [6, 6.07) is 10.6. The van der Waals surface area contributed by atoms with Crippen LogP contribution in [0.25, 0.3) is 0 Å². The van der Waals surface area contributed by atoms with Gasteiger partial charge in [0, 0.05) is 25.7 Å². The Bertz CT molecular complexity index is 422. The van der Waals surface area contributed by atoms with Crippen molar-refractivity contribution >= 4 is 0 Å². The van der Waals surface area contributed by atoms with Crippen molar-refractivity contribution in [3.05, 3.63) is 35.9 Å². The minimum absolute atomic E-state index is 0.291. The maximum Gasteiger partial charge on any atom is 0.103 e. The first-order valence-corrected chi connectivity index (χ1v) is 7.43. The number of rotatable bonds is 5. The van der Waals surface area contributed by atoms with E-state index in [0.717, 1.165) is 30.5 Å². The lowest BCUT2D eigenvalue weighted by molar-refractivity contribution is 0.0224. The highest BCUT2D eigenvalue weighted by atomic mass is 16.3. The van der Waals surface area contributed by atoms with Crippen LogP contribution in [0.4, 0.5) is 0 Å². The number of fused-ring (bicyclic) bond motifs is 2. The zero-order valence-electron chi connectivity index (χ0n) is 11.5. The van der Waals surface area contributed by atoms with E-state index in [9.17, 15) is 5.11 Å². The molecule has 104 valence electrons. The molecule has 0 radical (unpaired) electrons. The summed E-state index contributed by atoms with van der Waals surface area (Å²) in [5.74, 6) is 0.910. The van der Waals surface area contributed by atoms with Gasteiger partial charge in [-0.3, -0.25) is 4.90 Å². The molecule has 3 heteroatoms. The number of piperidine rings is 1. The van der Waals surface area contributed by atoms with Crippen LogP contribution < -0.4 is 5.73 Å². The molecule has 2 fully saturated rings. The van der Waals surface area contributed by atoms with Gasteiger partial charge < -0.3 is 10.8 Å². The van der Waals surface area contributed by atoms with Gasteiger partial charge in [0.05, 0.1) is 0 Å². The molecule has 1 aromatic rings. The molecule has 1 aliphatic heterocycles. The lowest BCUT2D eigenvalue weighted by atomic mass is 9.90. The van der Waals surface area contributed by atoms with Crippen LogP contribution in [0.3, 0.4) is 0 Å². The second-order valence-electron chi connectivity index (χ2n) is 6.18. The van der Waals surface area contributed by atoms with Crippen LogP contribution in [-0.2, 0) is 5.60 Å². The standard InChI is InChI=1S/C16H24N2O/c17-12-16(19,14-4-2-1-3-5-14)8-9-18-11-13-6-7-15(18)10-13/h1-5,13,15,19H,6-12,17H2. The van der Waals surface area contributed by atoms with Crippen LogP contribution in [0.5, 0.6) is 0 Å². The maximum absolute atomic E-state index is 10.8. The zero-order chi connectivity index (χ0) is 13.3. The van der Waals surface area contributed by atoms with Crippen molar-refractivity contribution in [1.29, 1.82) is 0 Å². The molecule has 3 rings (SSSR count). The molecule has 2 bridgehead atoms. The molecule has 3 nitrogen and oxygen atoms in total. The third-order valence-corrected chi connectivity index (χ3v) is 4.98. The number of likely N-dealkylation sites (tertiary alicyclic amines) is 1. The predicted molar refractivity (Wildman–Crippen MR) is 76.7 cm³/mol. The van der Waals surface area contributed by atoms with Crippen molar-refractivity contribution < 1.29 is 5.11 Å². The molecular weight excluding hydrogens is 236 g/mol. The first kappa shape index (κ1) is 13.1. The van der Waals surface area contributed by atoms with E-state index in [4.69, 9.17) is 5.73 Å². The molecule has 19 heavy (non-hydrogen) atoms. The Labute approximate surface area is 115 Å². The van der Waals surface area contributed by atoms with Gasteiger partial charge in [-0.15, -0.1) is 0 Å². The predicted octanol–water partition coefficient (Wildman–Crippen LogP) is 1.71. The third kappa shape index (κ3) is 2.55. The summed E-state index contributed by atoms with van der Waals surface area (Å²) in [5, 5.41) is 10.8. The van der Waals surface area contributed by atoms with E-state index in [-0.39, 0.29) is 0 Å². The minimum atomic E-state index is -0.872. The van der Waals surface area contributed by atoms with Gasteiger partial charge in [0.2, 0.25) is 0 Å². The molecule has 3 atom stereocenters. The van der Waals surface area contributed by atoms with Crippen molar-refractivity contribution in [3.8, 4) is 0 Å². The van der Waals surface area contributed by atoms with E-state index in [1.807, 2.05) is 30.3 Å². The summed E-state index contributed by atoms with van der Waals surface area (Å²) in [6.45, 7) is 2.48. The summed E-state index contributed by atoms with van der Waals surface area (Å²) in [4.78, 5) is 2.55. The molecule has 1 aliphatic carbocycles. The zero-order valence-corrected chi connectivity index (χ0v) is 11.5. The van der Waals surface area contributed by atoms with Crippen molar-refractivity contribution in [2.45, 2.75) is 37.3 Å². The highest BCUT2D eigenvalue weighted by Crippen LogP contribution is 2.38. The fraction of sp³-hybridized carbons (Fsp3) is 0.625. The van der Waals surface area contributed by atoms with Gasteiger partial charge in [-0.25, -0.2) is 0 Å². The molecular formula is C16H24N2O. The molecule has 0 spiro atoms. The highest BCUT2D eigenvalue weighted by molar-refractivity contribution is 5.22. The minimum Gasteiger partial charge on any atom is -0.384 e. The fourth-order valence-corrected chi connectivity index (χ4v) is 3.74. The Morgan fingerprint density at radius 2 is 2.05 bits per heavy atom. The number of hydrogen-bond donors (Lipinski definition) is 2. The van der Waals surface area contributed by atoms with Gasteiger partial charge in [-0.1, -0.05) is 30.3 Å². The van der Waals surface area contributed by atoms with E-state index in [1.54, 1.807) is 0 Å². The lowest BCUT2D eigenvalue weighted by Gasteiger charge is -2.32. The maximum atomic E-state index is 10.8. The molecule has 1 heterocycles. The number of nitrogens with two attached hydrogens (primary N) is 1. The first-order valence-electron chi connectivity index (χ1n) is 7.43. The molecule has 0 aromatic heterocycles. The van der Waals surface area contributed by atoms with Gasteiger partial charge in [0.15, 0.2) is 0 Å². The highest BCUT2D eigenvalue weighted by Gasteiger charge is 2.38. The summed E-state index contributed by atoms with van der Waals surface area (Å²) in [5.41, 5.74) is 5.91. The Kier molecular flexibility index (Phi) is 3.61. The lowest BCUT2D eigenvalue weighted by Crippen LogP contribution is -2.41. The molecule has 0 amide bonds. The van der Waals surface area contributed by atoms with Crippen molar-refractivity contribution in [2.24, 2.45) is 11.7 Å². The van der Waals surface area contributed by atoms with Gasteiger partial charge in [0.25, 0.3) is 0 Å². The summed E-state index contributed by atoms with van der Waals surface area (Å²) in [6.07, 6.45) is 4.85. The second kappa shape index (κ2) is 5.23. The Morgan fingerprint density at radius 3 is 2.63 bits per heavy atom. The Hall–Kier alpha value is -0.900. The average molecular weight is 260 g/mol. The molecule has 2 aliphatic rings. The van der Waals surface area contributed by atoms with E-state index in [1.165, 1.54) is 25.8 Å². The summed E-state index contributed by atoms with van der Waals surface area (Å²) >= 11 is 0. The van der Waals surface area contributed by atoms with Crippen LogP contribution in [0, 0.1) is 5.92 Å². The van der Waals surface area contributed by atoms with Gasteiger partial charge >= 0.3 is 0 Å². The SMILES string of the molecule is NCC(O)(CCN1CC2CCC1C2)c1ccccc1. The van der Waals surface area contributed by atoms with Gasteiger partial charge in [0.1, 0.15) is 5.60 Å². The monoisotopic (exact) mass is 260 g/mol. The summed E-state index contributed by atoms with van der Waals surface area (Å²) < 4.78 is 0. The van der Waals surface area contributed by atoms with Crippen LogP contribution >= 0.6 is 0 Å². The quantitative estimate of drug-likeness (QED) is 0.847. The summed E-state index contributed by atoms with van der Waals surface area (Å²) in [7, 11) is 0. The van der Waals surface area contributed by atoms with Gasteiger partial charge in [-0.05, 0) is 37.2 Å². The Balaban J connectivity index is 1.64. The number of benzene rings is 1. The van der Waals surface area contributed by atoms with Crippen molar-refractivity contribution in [3.63, 3.8) is 0 Å². The molecule has 1 aromatic carbocycles. The van der Waals surface area contributed by atoms with E-state index < -0.39 is 5.60 Å². The largest absolute Gasteiger partial charge is 0.384 e. The van der Waals surface area contributed by atoms with Crippen molar-refractivity contribution in [2.75, 3.05) is 19.6 Å². The molecule has 3 unspecified atom stereocenters. The van der Waals surface area contributed by atoms with Gasteiger partial charge in [-0.2, -0.15) is 0 Å². The van der Waals surface area contributed by atoms with Crippen LogP contribution in [0.1, 0.15) is 31.2 Å². The van der Waals surface area contributed by atoms with Crippen LogP contribution in [0.15, 0.2) is 30.3 Å². The molecule has 3 N–H and O–H groups in total.